The molecule has 0 aliphatic carbocycles. The zero-order chi connectivity index (χ0) is 25.6. The summed E-state index contributed by atoms with van der Waals surface area (Å²) in [5, 5.41) is 1.99. The molecule has 6 aromatic rings. The number of carbonyl (C=O) groups excluding carboxylic acids is 1. The van der Waals surface area contributed by atoms with E-state index in [0.717, 1.165) is 39.7 Å². The van der Waals surface area contributed by atoms with Gasteiger partial charge in [0.15, 0.2) is 17.1 Å². The van der Waals surface area contributed by atoms with E-state index >= 15 is 0 Å². The Morgan fingerprint density at radius 1 is 0.649 bits per heavy atom. The van der Waals surface area contributed by atoms with E-state index in [9.17, 15) is 4.79 Å². The molecule has 5 nitrogen and oxygen atoms in total. The highest BCUT2D eigenvalue weighted by molar-refractivity contribution is 6.02. The molecular weight excluding hydrogens is 456 g/mol. The highest BCUT2D eigenvalue weighted by Gasteiger charge is 2.13. The van der Waals surface area contributed by atoms with Crippen LogP contribution in [0.4, 0.5) is 0 Å². The molecule has 2 aromatic carbocycles. The second-order valence-corrected chi connectivity index (χ2v) is 8.62. The van der Waals surface area contributed by atoms with Gasteiger partial charge in [-0.2, -0.15) is 0 Å². The summed E-state index contributed by atoms with van der Waals surface area (Å²) in [5.41, 5.74) is 7.19. The van der Waals surface area contributed by atoms with Gasteiger partial charge in [0.25, 0.3) is 0 Å². The summed E-state index contributed by atoms with van der Waals surface area (Å²) in [6.07, 6.45) is 4.47. The molecule has 6 rings (SSSR count). The van der Waals surface area contributed by atoms with Gasteiger partial charge in [0.2, 0.25) is 0 Å². The van der Waals surface area contributed by atoms with Gasteiger partial charge in [0.05, 0.1) is 11.4 Å². The number of carbonyl (C=O) groups is 1. The lowest BCUT2D eigenvalue weighted by molar-refractivity contribution is 0.101. The fourth-order valence-electron chi connectivity index (χ4n) is 4.25. The van der Waals surface area contributed by atoms with Crippen LogP contribution in [0.25, 0.3) is 44.6 Å². The number of hydrogen-bond acceptors (Lipinski definition) is 5. The van der Waals surface area contributed by atoms with Crippen molar-refractivity contribution in [3.63, 3.8) is 0 Å². The zero-order valence-corrected chi connectivity index (χ0v) is 20.8. The number of ketones is 1. The minimum absolute atomic E-state index is 0.0112. The minimum Gasteiger partial charge on any atom is -0.294 e. The molecule has 4 aromatic heterocycles. The molecule has 0 aliphatic heterocycles. The Bertz CT molecular complexity index is 1680. The lowest BCUT2D eigenvalue weighted by Crippen LogP contribution is -2.00. The van der Waals surface area contributed by atoms with Crippen molar-refractivity contribution in [3.05, 3.63) is 121 Å². The predicted molar refractivity (Wildman–Crippen MR) is 149 cm³/mol. The van der Waals surface area contributed by atoms with Crippen molar-refractivity contribution < 1.29 is 4.79 Å². The molecule has 0 atom stereocenters. The second kappa shape index (κ2) is 10.9. The first-order valence-electron chi connectivity index (χ1n) is 12.3. The molecule has 180 valence electrons. The number of Topliss-reactive ketones (excluding diaryl/α,β-unsaturated/α-hetero) is 1. The van der Waals surface area contributed by atoms with E-state index in [1.54, 1.807) is 19.3 Å². The molecule has 0 bridgehead atoms. The second-order valence-electron chi connectivity index (χ2n) is 8.62. The van der Waals surface area contributed by atoms with Crippen LogP contribution < -0.4 is 0 Å². The highest BCUT2D eigenvalue weighted by Crippen LogP contribution is 2.26. The van der Waals surface area contributed by atoms with Gasteiger partial charge in [-0.25, -0.2) is 19.9 Å². The van der Waals surface area contributed by atoms with E-state index in [-0.39, 0.29) is 5.78 Å². The summed E-state index contributed by atoms with van der Waals surface area (Å²) in [6.45, 7) is 3.72. The van der Waals surface area contributed by atoms with Gasteiger partial charge in [-0.1, -0.05) is 67.6 Å². The lowest BCUT2D eigenvalue weighted by Gasteiger charge is -2.08. The molecule has 0 radical (unpaired) electrons. The third-order valence-corrected chi connectivity index (χ3v) is 6.11. The first-order chi connectivity index (χ1) is 18.1. The molecule has 0 fully saturated rings. The van der Waals surface area contributed by atoms with Crippen molar-refractivity contribution in [1.82, 2.24) is 19.9 Å². The third kappa shape index (κ3) is 5.26. The van der Waals surface area contributed by atoms with E-state index < -0.39 is 0 Å². The summed E-state index contributed by atoms with van der Waals surface area (Å²) in [6, 6.07) is 31.8. The Labute approximate surface area is 215 Å². The van der Waals surface area contributed by atoms with E-state index in [1.807, 2.05) is 72.8 Å². The molecule has 5 heteroatoms. The number of aryl methyl sites for hydroxylation is 1. The van der Waals surface area contributed by atoms with Crippen molar-refractivity contribution in [2.75, 3.05) is 0 Å². The number of benzene rings is 2. The van der Waals surface area contributed by atoms with Crippen molar-refractivity contribution in [2.45, 2.75) is 20.3 Å². The predicted octanol–water partition coefficient (Wildman–Crippen LogP) is 7.36. The van der Waals surface area contributed by atoms with Gasteiger partial charge in [-0.3, -0.25) is 4.79 Å². The molecule has 0 N–H and O–H groups in total. The summed E-state index contributed by atoms with van der Waals surface area (Å²) in [5.74, 6) is 0.0112. The molecule has 0 unspecified atom stereocenters. The van der Waals surface area contributed by atoms with Crippen LogP contribution in [0.5, 0.6) is 0 Å². The SMILES string of the molecule is CC(=O)c1cc2cccnc2nc1-c1ccccc1.CCc1cc2cccnc2nc1-c1ccccc1. The number of nitrogens with zero attached hydrogens (tertiary/aromatic N) is 4. The van der Waals surface area contributed by atoms with Crippen LogP contribution in [0.1, 0.15) is 29.8 Å². The zero-order valence-electron chi connectivity index (χ0n) is 20.8. The largest absolute Gasteiger partial charge is 0.294 e. The maximum Gasteiger partial charge on any atom is 0.162 e. The number of aromatic nitrogens is 4. The molecule has 0 amide bonds. The maximum atomic E-state index is 11.8. The molecule has 37 heavy (non-hydrogen) atoms. The Balaban J connectivity index is 0.000000152. The van der Waals surface area contributed by atoms with Gasteiger partial charge < -0.3 is 0 Å². The standard InChI is InChI=1S/C16H12N2O.C16H14N2/c1-11(19)14-10-13-8-5-9-17-16(13)18-15(14)12-6-3-2-4-7-12;1-2-12-11-14-9-6-10-17-16(14)18-15(12)13-7-4-3-5-8-13/h2-10H,1H3;3-11H,2H2,1H3. The van der Waals surface area contributed by atoms with Gasteiger partial charge in [0, 0.05) is 39.9 Å². The van der Waals surface area contributed by atoms with E-state index in [1.165, 1.54) is 5.56 Å². The quantitative estimate of drug-likeness (QED) is 0.246. The average Bonchev–Trinajstić information content (AvgIpc) is 2.97. The fraction of sp³-hybridized carbons (Fsp3) is 0.0938. The first-order valence-corrected chi connectivity index (χ1v) is 12.3. The molecule has 0 aliphatic rings. The summed E-state index contributed by atoms with van der Waals surface area (Å²) in [7, 11) is 0. The molecule has 0 saturated carbocycles. The number of pyridine rings is 4. The van der Waals surface area contributed by atoms with Crippen molar-refractivity contribution in [1.29, 1.82) is 0 Å². The average molecular weight is 483 g/mol. The van der Waals surface area contributed by atoms with Gasteiger partial charge in [-0.05, 0) is 55.3 Å². The Morgan fingerprint density at radius 2 is 1.16 bits per heavy atom. The molecule has 0 saturated heterocycles. The van der Waals surface area contributed by atoms with Crippen LogP contribution in [-0.4, -0.2) is 25.7 Å². The Hall–Kier alpha value is -4.77. The van der Waals surface area contributed by atoms with Gasteiger partial charge in [0.1, 0.15) is 0 Å². The van der Waals surface area contributed by atoms with Crippen LogP contribution in [-0.2, 0) is 6.42 Å². The van der Waals surface area contributed by atoms with Crippen molar-refractivity contribution in [3.8, 4) is 22.5 Å². The van der Waals surface area contributed by atoms with Crippen LogP contribution in [0, 0.1) is 0 Å². The highest BCUT2D eigenvalue weighted by atomic mass is 16.1. The minimum atomic E-state index is 0.0112. The topological polar surface area (TPSA) is 68.6 Å². The van der Waals surface area contributed by atoms with Crippen LogP contribution >= 0.6 is 0 Å². The molecular formula is C32H26N4O. The van der Waals surface area contributed by atoms with Crippen molar-refractivity contribution in [2.24, 2.45) is 0 Å². The smallest absolute Gasteiger partial charge is 0.162 e. The normalized spacial score (nSPS) is 10.6. The Morgan fingerprint density at radius 3 is 1.70 bits per heavy atom. The molecule has 4 heterocycles. The Kier molecular flexibility index (Phi) is 7.04. The van der Waals surface area contributed by atoms with Crippen LogP contribution in [0.15, 0.2) is 109 Å². The molecule has 0 spiro atoms. The van der Waals surface area contributed by atoms with E-state index in [0.29, 0.717) is 16.9 Å². The van der Waals surface area contributed by atoms with Gasteiger partial charge in [-0.15, -0.1) is 0 Å². The first kappa shape index (κ1) is 23.9. The fourth-order valence-corrected chi connectivity index (χ4v) is 4.25. The summed E-state index contributed by atoms with van der Waals surface area (Å²) >= 11 is 0. The summed E-state index contributed by atoms with van der Waals surface area (Å²) in [4.78, 5) is 29.6. The maximum absolute atomic E-state index is 11.8. The summed E-state index contributed by atoms with van der Waals surface area (Å²) < 4.78 is 0. The third-order valence-electron chi connectivity index (χ3n) is 6.11. The van der Waals surface area contributed by atoms with Gasteiger partial charge >= 0.3 is 0 Å². The monoisotopic (exact) mass is 482 g/mol. The lowest BCUT2D eigenvalue weighted by atomic mass is 10.0. The van der Waals surface area contributed by atoms with Crippen molar-refractivity contribution >= 4 is 27.9 Å². The number of fused-ring (bicyclic) bond motifs is 2. The number of hydrogen-bond donors (Lipinski definition) is 0. The van der Waals surface area contributed by atoms with E-state index in [4.69, 9.17) is 4.98 Å². The van der Waals surface area contributed by atoms with E-state index in [2.05, 4.69) is 46.1 Å². The van der Waals surface area contributed by atoms with Crippen LogP contribution in [0.3, 0.4) is 0 Å². The van der Waals surface area contributed by atoms with Crippen LogP contribution in [0.2, 0.25) is 0 Å². The number of rotatable bonds is 4.